The van der Waals surface area contributed by atoms with E-state index in [9.17, 15) is 35.9 Å². The van der Waals surface area contributed by atoms with Gasteiger partial charge in [-0.3, -0.25) is 9.59 Å². The van der Waals surface area contributed by atoms with Crippen LogP contribution in [0.5, 0.6) is 0 Å². The van der Waals surface area contributed by atoms with Gasteiger partial charge in [-0.15, -0.1) is 0 Å². The minimum Gasteiger partial charge on any atom is -0.349 e. The summed E-state index contributed by atoms with van der Waals surface area (Å²) < 4.78 is 86.2. The molecule has 0 saturated heterocycles. The molecule has 3 heterocycles. The fraction of sp³-hybridized carbons (Fsp3) is 0.655. The summed E-state index contributed by atoms with van der Waals surface area (Å²) in [7, 11) is 0. The average Bonchev–Trinajstić information content (AvgIpc) is 3.59. The molecule has 0 aromatic carbocycles. The molecule has 16 heteroatoms. The van der Waals surface area contributed by atoms with Crippen molar-refractivity contribution in [2.75, 3.05) is 0 Å². The zero-order valence-corrected chi connectivity index (χ0v) is 24.8. The quantitative estimate of drug-likeness (QED) is 0.237. The number of hydrogen-bond acceptors (Lipinski definition) is 7. The molecule has 2 fully saturated rings. The summed E-state index contributed by atoms with van der Waals surface area (Å²) in [6, 6.07) is 0.370. The number of aryl methyl sites for hydroxylation is 1. The van der Waals surface area contributed by atoms with Crippen LogP contribution in [0.2, 0.25) is 0 Å². The van der Waals surface area contributed by atoms with Gasteiger partial charge in [0.15, 0.2) is 11.3 Å². The van der Waals surface area contributed by atoms with Crippen LogP contribution < -0.4 is 10.6 Å². The van der Waals surface area contributed by atoms with Gasteiger partial charge in [0.1, 0.15) is 5.69 Å². The molecule has 2 atom stereocenters. The molecule has 2 aliphatic carbocycles. The summed E-state index contributed by atoms with van der Waals surface area (Å²) in [6.07, 6.45) is -1.49. The number of carbonyl (C=O) groups excluding carboxylic acids is 2. The van der Waals surface area contributed by atoms with Crippen molar-refractivity contribution >= 4 is 17.5 Å². The summed E-state index contributed by atoms with van der Waals surface area (Å²) in [4.78, 5) is 30.6. The molecule has 3 aromatic rings. The maximum absolute atomic E-state index is 14.0. The van der Waals surface area contributed by atoms with Gasteiger partial charge in [0.05, 0.1) is 30.2 Å². The van der Waals surface area contributed by atoms with Crippen molar-refractivity contribution in [3.63, 3.8) is 0 Å². The predicted molar refractivity (Wildman–Crippen MR) is 147 cm³/mol. The van der Waals surface area contributed by atoms with Gasteiger partial charge in [-0.05, 0) is 47.4 Å². The Morgan fingerprint density at radius 1 is 1.07 bits per heavy atom. The first-order valence-electron chi connectivity index (χ1n) is 15.0. The number of alkyl halides is 6. The van der Waals surface area contributed by atoms with E-state index in [1.54, 1.807) is 18.5 Å². The van der Waals surface area contributed by atoms with E-state index in [2.05, 4.69) is 35.7 Å². The number of amides is 2. The van der Waals surface area contributed by atoms with Crippen LogP contribution in [0.1, 0.15) is 105 Å². The van der Waals surface area contributed by atoms with Gasteiger partial charge in [-0.2, -0.15) is 5.10 Å². The maximum atomic E-state index is 14.0. The monoisotopic (exact) mass is 643 g/mol. The second-order valence-electron chi connectivity index (χ2n) is 12.5. The lowest BCUT2D eigenvalue weighted by Crippen LogP contribution is -2.40. The molecular formula is C29H35F6N7O3. The summed E-state index contributed by atoms with van der Waals surface area (Å²) in [5.74, 6) is -7.53. The van der Waals surface area contributed by atoms with Crippen molar-refractivity contribution in [2.24, 2.45) is 17.8 Å². The Morgan fingerprint density at radius 3 is 2.42 bits per heavy atom. The van der Waals surface area contributed by atoms with Crippen LogP contribution in [-0.4, -0.2) is 55.0 Å². The standard InChI is InChI=1S/C29H35F6N7O3/c1-15(2)24(38-23(43)9-16-11-29(34,35)12-16)18-10-22-37-20(14-42(22)36-13-18)25(17-5-7-28(32,33)8-6-17)39-27(44)26-19(40-45-41-26)3-4-21(30)31/h10,13-17,21,24-25H,3-9,11-12H2,1-2H3,(H,38,43)(H,39,44)/t24?,25-/m0/s1. The second-order valence-corrected chi connectivity index (χ2v) is 12.5. The van der Waals surface area contributed by atoms with Crippen LogP contribution in [0.4, 0.5) is 26.3 Å². The van der Waals surface area contributed by atoms with Crippen molar-refractivity contribution in [3.8, 4) is 0 Å². The summed E-state index contributed by atoms with van der Waals surface area (Å²) in [5.41, 5.74) is 1.01. The number of halogens is 6. The topological polar surface area (TPSA) is 127 Å². The van der Waals surface area contributed by atoms with Gasteiger partial charge in [-0.25, -0.2) is 40.5 Å². The van der Waals surface area contributed by atoms with Crippen LogP contribution in [-0.2, 0) is 11.2 Å². The molecule has 10 nitrogen and oxygen atoms in total. The average molecular weight is 644 g/mol. The molecular weight excluding hydrogens is 608 g/mol. The van der Waals surface area contributed by atoms with E-state index in [0.29, 0.717) is 16.9 Å². The Balaban J connectivity index is 1.37. The largest absolute Gasteiger partial charge is 0.349 e. The van der Waals surface area contributed by atoms with Crippen LogP contribution in [0.3, 0.4) is 0 Å². The first-order chi connectivity index (χ1) is 21.2. The third-order valence-electron chi connectivity index (χ3n) is 8.56. The van der Waals surface area contributed by atoms with Crippen molar-refractivity contribution in [3.05, 3.63) is 41.1 Å². The molecule has 2 saturated carbocycles. The highest BCUT2D eigenvalue weighted by molar-refractivity contribution is 5.93. The van der Waals surface area contributed by atoms with E-state index < -0.39 is 48.6 Å². The fourth-order valence-corrected chi connectivity index (χ4v) is 6.12. The number of carbonyl (C=O) groups is 2. The molecule has 45 heavy (non-hydrogen) atoms. The number of hydrogen-bond donors (Lipinski definition) is 2. The van der Waals surface area contributed by atoms with Gasteiger partial charge in [0, 0.05) is 44.9 Å². The number of nitrogens with zero attached hydrogens (tertiary/aromatic N) is 5. The minimum absolute atomic E-state index is 0.00525. The lowest BCUT2D eigenvalue weighted by molar-refractivity contribution is -0.134. The Hall–Kier alpha value is -3.72. The Kier molecular flexibility index (Phi) is 9.40. The molecule has 246 valence electrons. The third-order valence-corrected chi connectivity index (χ3v) is 8.56. The maximum Gasteiger partial charge on any atom is 0.276 e. The summed E-state index contributed by atoms with van der Waals surface area (Å²) >= 11 is 0. The molecule has 0 aliphatic heterocycles. The van der Waals surface area contributed by atoms with Crippen LogP contribution in [0, 0.1) is 17.8 Å². The number of aromatic nitrogens is 5. The van der Waals surface area contributed by atoms with Crippen molar-refractivity contribution in [1.29, 1.82) is 0 Å². The molecule has 5 rings (SSSR count). The van der Waals surface area contributed by atoms with Crippen molar-refractivity contribution in [2.45, 2.75) is 102 Å². The number of imidazole rings is 1. The van der Waals surface area contributed by atoms with E-state index in [0.717, 1.165) is 0 Å². The third kappa shape index (κ3) is 7.93. The molecule has 1 unspecified atom stereocenters. The van der Waals surface area contributed by atoms with Gasteiger partial charge < -0.3 is 10.6 Å². The fourth-order valence-electron chi connectivity index (χ4n) is 6.12. The normalized spacial score (nSPS) is 19.9. The highest BCUT2D eigenvalue weighted by Crippen LogP contribution is 2.44. The molecule has 0 bridgehead atoms. The van der Waals surface area contributed by atoms with Crippen LogP contribution >= 0.6 is 0 Å². The molecule has 2 amide bonds. The van der Waals surface area contributed by atoms with Gasteiger partial charge in [0.2, 0.25) is 24.2 Å². The van der Waals surface area contributed by atoms with Crippen LogP contribution in [0.15, 0.2) is 23.1 Å². The number of fused-ring (bicyclic) bond motifs is 1. The highest BCUT2D eigenvalue weighted by atomic mass is 19.3. The van der Waals surface area contributed by atoms with Crippen molar-refractivity contribution in [1.82, 2.24) is 35.5 Å². The summed E-state index contributed by atoms with van der Waals surface area (Å²) in [5, 5.41) is 17.3. The molecule has 0 radical (unpaired) electrons. The number of rotatable bonds is 12. The lowest BCUT2D eigenvalue weighted by Gasteiger charge is -2.35. The van der Waals surface area contributed by atoms with Gasteiger partial charge in [-0.1, -0.05) is 19.0 Å². The van der Waals surface area contributed by atoms with Gasteiger partial charge >= 0.3 is 0 Å². The zero-order chi connectivity index (χ0) is 32.5. The molecule has 0 spiro atoms. The van der Waals surface area contributed by atoms with Crippen LogP contribution in [0.25, 0.3) is 5.65 Å². The first kappa shape index (κ1) is 32.7. The van der Waals surface area contributed by atoms with E-state index >= 15 is 0 Å². The smallest absolute Gasteiger partial charge is 0.276 e. The van der Waals surface area contributed by atoms with E-state index in [1.165, 1.54) is 4.52 Å². The Bertz CT molecular complexity index is 1490. The number of nitrogens with one attached hydrogen (secondary N) is 2. The minimum atomic E-state index is -2.82. The Morgan fingerprint density at radius 2 is 1.78 bits per heavy atom. The predicted octanol–water partition coefficient (Wildman–Crippen LogP) is 5.86. The van der Waals surface area contributed by atoms with Crippen molar-refractivity contribution < 1.29 is 40.6 Å². The molecule has 2 N–H and O–H groups in total. The highest BCUT2D eigenvalue weighted by Gasteiger charge is 2.46. The van der Waals surface area contributed by atoms with E-state index in [4.69, 9.17) is 0 Å². The SMILES string of the molecule is CC(C)C(NC(=O)CC1CC(F)(F)C1)c1cnn2cc([C@@H](NC(=O)c3nonc3CCC(F)F)C3CCC(F)(F)CC3)nc2c1. The van der Waals surface area contributed by atoms with E-state index in [1.807, 2.05) is 13.8 Å². The molecule has 3 aromatic heterocycles. The van der Waals surface area contributed by atoms with Gasteiger partial charge in [0.25, 0.3) is 5.91 Å². The van der Waals surface area contributed by atoms with E-state index in [-0.39, 0.29) is 80.5 Å². The Labute approximate surface area is 254 Å². The lowest BCUT2D eigenvalue weighted by atomic mass is 9.79. The second kappa shape index (κ2) is 12.9. The summed E-state index contributed by atoms with van der Waals surface area (Å²) in [6.45, 7) is 3.78. The first-order valence-corrected chi connectivity index (χ1v) is 15.0. The zero-order valence-electron chi connectivity index (χ0n) is 24.8. The molecule has 2 aliphatic rings.